The summed E-state index contributed by atoms with van der Waals surface area (Å²) < 4.78 is 10.6. The number of rotatable bonds is 7. The van der Waals surface area contributed by atoms with Gasteiger partial charge < -0.3 is 4.42 Å². The van der Waals surface area contributed by atoms with Crippen molar-refractivity contribution in [2.24, 2.45) is 0 Å². The molecule has 6 nitrogen and oxygen atoms in total. The topological polar surface area (TPSA) is 61.2 Å². The molecule has 60 heavy (non-hydrogen) atoms. The molecule has 0 aliphatic heterocycles. The van der Waals surface area contributed by atoms with Crippen LogP contribution in [0.5, 0.6) is 0 Å². The number of imidazole rings is 2. The van der Waals surface area contributed by atoms with Crippen LogP contribution in [-0.2, 0) is 0 Å². The van der Waals surface area contributed by atoms with Crippen LogP contribution in [0.3, 0.4) is 0 Å². The Kier molecular flexibility index (Phi) is 7.76. The minimum absolute atomic E-state index is 0.546. The third-order valence-electron chi connectivity index (χ3n) is 11.9. The second-order valence-corrected chi connectivity index (χ2v) is 19.0. The van der Waals surface area contributed by atoms with Crippen LogP contribution in [-0.4, -0.2) is 32.0 Å². The van der Waals surface area contributed by atoms with Gasteiger partial charge in [0.1, 0.15) is 11.2 Å². The minimum atomic E-state index is -2.82. The quantitative estimate of drug-likeness (QED) is 0.119. The van der Waals surface area contributed by atoms with Gasteiger partial charge in [0.05, 0.1) is 33.5 Å². The first-order chi connectivity index (χ1) is 29.7. The molecule has 0 aliphatic carbocycles. The Morgan fingerprint density at radius 3 is 1.63 bits per heavy atom. The van der Waals surface area contributed by atoms with Crippen molar-refractivity contribution in [2.45, 2.75) is 0 Å². The van der Waals surface area contributed by atoms with Gasteiger partial charge in [-0.15, -0.1) is 0 Å². The van der Waals surface area contributed by atoms with Gasteiger partial charge >= 0.3 is 0 Å². The molecule has 7 heteroatoms. The molecular weight excluding hydrogens is 751 g/mol. The van der Waals surface area contributed by atoms with E-state index in [4.69, 9.17) is 19.4 Å². The molecule has 0 amide bonds. The van der Waals surface area contributed by atoms with Crippen LogP contribution in [0.25, 0.3) is 78.2 Å². The highest BCUT2D eigenvalue weighted by molar-refractivity contribution is 7.19. The third-order valence-corrected chi connectivity index (χ3v) is 16.7. The van der Waals surface area contributed by atoms with E-state index in [1.807, 2.05) is 18.2 Å². The molecule has 0 atom stereocenters. The summed E-state index contributed by atoms with van der Waals surface area (Å²) in [4.78, 5) is 16.1. The maximum absolute atomic E-state index is 6.25. The van der Waals surface area contributed by atoms with E-state index in [0.717, 1.165) is 72.3 Å². The molecule has 0 spiro atoms. The zero-order valence-corrected chi connectivity index (χ0v) is 33.4. The number of benzene rings is 8. The molecule has 282 valence electrons. The van der Waals surface area contributed by atoms with E-state index in [2.05, 4.69) is 203 Å². The number of furan rings is 1. The molecule has 0 unspecified atom stereocenters. The molecule has 0 radical (unpaired) electrons. The normalized spacial score (nSPS) is 12.0. The minimum Gasteiger partial charge on any atom is -0.456 e. The lowest BCUT2D eigenvalue weighted by atomic mass is 10.0. The van der Waals surface area contributed by atoms with Crippen molar-refractivity contribution in [1.29, 1.82) is 0 Å². The van der Waals surface area contributed by atoms with Gasteiger partial charge in [-0.1, -0.05) is 158 Å². The molecule has 4 aromatic heterocycles. The molecule has 0 aliphatic rings. The SMILES string of the molecule is c1ccc([Si](c2ccccc2)(c2ccccc2)c2cccc(-c3cc(-c4ccc5oc6ccccc6c5c4)nc(-n4c5ccccc5n5c6ccccc6nc45)n3)c2)cc1. The van der Waals surface area contributed by atoms with E-state index in [1.54, 1.807) is 0 Å². The van der Waals surface area contributed by atoms with Gasteiger partial charge in [0.2, 0.25) is 11.7 Å². The molecule has 12 rings (SSSR count). The molecule has 8 aromatic carbocycles. The summed E-state index contributed by atoms with van der Waals surface area (Å²) in [6.07, 6.45) is 0. The standard InChI is InChI=1S/C53H35N5OSi/c1-4-18-38(19-5-1)60(39-20-6-2-7-21-39,40-22-8-3-9-23-40)41-24-16-17-36(33-41)45-35-46(37-31-32-51-43(34-37)42-25-10-15-30-50(42)59-51)55-52(54-45)58-49-29-14-13-28-48(49)57-47-27-12-11-26-44(47)56-53(57)58/h1-35H. The van der Waals surface area contributed by atoms with Crippen molar-refractivity contribution in [1.82, 2.24) is 23.9 Å². The lowest BCUT2D eigenvalue weighted by Gasteiger charge is -2.34. The molecule has 0 fully saturated rings. The number of fused-ring (bicyclic) bond motifs is 8. The van der Waals surface area contributed by atoms with Crippen LogP contribution < -0.4 is 20.7 Å². The molecule has 12 aromatic rings. The van der Waals surface area contributed by atoms with Crippen LogP contribution in [0.4, 0.5) is 0 Å². The first kappa shape index (κ1) is 34.2. The molecule has 0 bridgehead atoms. The number of aromatic nitrogens is 5. The summed E-state index contributed by atoms with van der Waals surface area (Å²) in [5, 5.41) is 7.34. The van der Waals surface area contributed by atoms with Crippen molar-refractivity contribution in [3.63, 3.8) is 0 Å². The first-order valence-electron chi connectivity index (χ1n) is 20.2. The smallest absolute Gasteiger partial charge is 0.238 e. The van der Waals surface area contributed by atoms with E-state index < -0.39 is 8.07 Å². The molecule has 0 saturated heterocycles. The summed E-state index contributed by atoms with van der Waals surface area (Å²) in [5.41, 5.74) is 9.26. The average molecular weight is 786 g/mol. The van der Waals surface area contributed by atoms with Crippen LogP contribution in [0.15, 0.2) is 217 Å². The highest BCUT2D eigenvalue weighted by atomic mass is 28.3. The van der Waals surface area contributed by atoms with E-state index in [1.165, 1.54) is 20.7 Å². The average Bonchev–Trinajstić information content (AvgIpc) is 3.99. The van der Waals surface area contributed by atoms with E-state index in [0.29, 0.717) is 5.95 Å². The lowest BCUT2D eigenvalue weighted by Crippen LogP contribution is -2.74. The summed E-state index contributed by atoms with van der Waals surface area (Å²) in [6.45, 7) is 0. The van der Waals surface area contributed by atoms with Crippen molar-refractivity contribution in [2.75, 3.05) is 0 Å². The highest BCUT2D eigenvalue weighted by Crippen LogP contribution is 2.35. The Bertz CT molecular complexity index is 3460. The van der Waals surface area contributed by atoms with Gasteiger partial charge in [-0.3, -0.25) is 4.40 Å². The molecular formula is C53H35N5OSi. The Morgan fingerprint density at radius 1 is 0.383 bits per heavy atom. The van der Waals surface area contributed by atoms with Gasteiger partial charge in [-0.05, 0) is 75.3 Å². The zero-order valence-electron chi connectivity index (χ0n) is 32.4. The second kappa shape index (κ2) is 13.6. The fraction of sp³-hybridized carbons (Fsp3) is 0. The summed E-state index contributed by atoms with van der Waals surface area (Å²) >= 11 is 0. The van der Waals surface area contributed by atoms with Crippen LogP contribution >= 0.6 is 0 Å². The van der Waals surface area contributed by atoms with E-state index in [9.17, 15) is 0 Å². The van der Waals surface area contributed by atoms with Gasteiger partial charge in [-0.2, -0.15) is 0 Å². The predicted octanol–water partition coefficient (Wildman–Crippen LogP) is 9.83. The van der Waals surface area contributed by atoms with Crippen LogP contribution in [0, 0.1) is 0 Å². The van der Waals surface area contributed by atoms with Crippen molar-refractivity contribution in [3.05, 3.63) is 212 Å². The van der Waals surface area contributed by atoms with Gasteiger partial charge in [-0.25, -0.2) is 19.5 Å². The molecule has 0 N–H and O–H groups in total. The Hall–Kier alpha value is -7.87. The summed E-state index contributed by atoms with van der Waals surface area (Å²) in [7, 11) is -2.82. The second-order valence-electron chi connectivity index (χ2n) is 15.2. The number of para-hydroxylation sites is 5. The maximum atomic E-state index is 6.25. The lowest BCUT2D eigenvalue weighted by molar-refractivity contribution is 0.669. The molecule has 0 saturated carbocycles. The number of nitrogens with zero attached hydrogens (tertiary/aromatic N) is 5. The zero-order chi connectivity index (χ0) is 39.6. The van der Waals surface area contributed by atoms with Crippen molar-refractivity contribution >= 4 is 78.6 Å². The Labute approximate surface area is 346 Å². The highest BCUT2D eigenvalue weighted by Gasteiger charge is 2.41. The van der Waals surface area contributed by atoms with Gasteiger partial charge in [0.15, 0.2) is 8.07 Å². The largest absolute Gasteiger partial charge is 0.456 e. The Balaban J connectivity index is 1.14. The number of hydrogen-bond donors (Lipinski definition) is 0. The van der Waals surface area contributed by atoms with Crippen molar-refractivity contribution < 1.29 is 4.42 Å². The monoisotopic (exact) mass is 785 g/mol. The fourth-order valence-electron chi connectivity index (χ4n) is 9.24. The maximum Gasteiger partial charge on any atom is 0.238 e. The van der Waals surface area contributed by atoms with Gasteiger partial charge in [0, 0.05) is 21.9 Å². The van der Waals surface area contributed by atoms with E-state index >= 15 is 0 Å². The third kappa shape index (κ3) is 5.23. The summed E-state index contributed by atoms with van der Waals surface area (Å²) in [6, 6.07) is 75.5. The molecule has 4 heterocycles. The van der Waals surface area contributed by atoms with Crippen molar-refractivity contribution in [3.8, 4) is 28.5 Å². The van der Waals surface area contributed by atoms with Crippen LogP contribution in [0.2, 0.25) is 0 Å². The first-order valence-corrected chi connectivity index (χ1v) is 22.2. The van der Waals surface area contributed by atoms with E-state index in [-0.39, 0.29) is 0 Å². The Morgan fingerprint density at radius 2 is 0.933 bits per heavy atom. The fourth-order valence-corrected chi connectivity index (χ4v) is 14.0. The van der Waals surface area contributed by atoms with Crippen LogP contribution in [0.1, 0.15) is 0 Å². The van der Waals surface area contributed by atoms with Gasteiger partial charge in [0.25, 0.3) is 0 Å². The summed E-state index contributed by atoms with van der Waals surface area (Å²) in [5.74, 6) is 1.30. The number of hydrogen-bond acceptors (Lipinski definition) is 4. The predicted molar refractivity (Wildman–Crippen MR) is 247 cm³/mol.